The van der Waals surface area contributed by atoms with Gasteiger partial charge in [-0.25, -0.2) is 4.98 Å². The summed E-state index contributed by atoms with van der Waals surface area (Å²) in [5.74, 6) is 0. The van der Waals surface area contributed by atoms with E-state index in [9.17, 15) is 0 Å². The van der Waals surface area contributed by atoms with Crippen LogP contribution in [0.25, 0.3) is 0 Å². The summed E-state index contributed by atoms with van der Waals surface area (Å²) in [6, 6.07) is 0. The Hall–Kier alpha value is -0.450. The van der Waals surface area contributed by atoms with Crippen molar-refractivity contribution in [2.24, 2.45) is 0 Å². The number of thiazole rings is 1. The number of nitrogens with zero attached hydrogens (tertiary/aromatic N) is 2. The molecule has 0 spiro atoms. The first kappa shape index (κ1) is 11.0. The summed E-state index contributed by atoms with van der Waals surface area (Å²) in [7, 11) is 0. The lowest BCUT2D eigenvalue weighted by molar-refractivity contribution is -0.0283. The Balaban J connectivity index is 2.03. The number of ether oxygens (including phenoxy) is 1. The van der Waals surface area contributed by atoms with Crippen LogP contribution in [0.5, 0.6) is 0 Å². The van der Waals surface area contributed by atoms with E-state index in [0.717, 1.165) is 37.7 Å². The third-order valence-electron chi connectivity index (χ3n) is 2.80. The first-order chi connectivity index (χ1) is 7.33. The molecule has 0 saturated carbocycles. The summed E-state index contributed by atoms with van der Waals surface area (Å²) in [4.78, 5) is 7.01. The monoisotopic (exact) mass is 226 g/mol. The minimum absolute atomic E-state index is 0.198. The highest BCUT2D eigenvalue weighted by molar-refractivity contribution is 7.09. The summed E-state index contributed by atoms with van der Waals surface area (Å²) in [6.07, 6.45) is 1.21. The van der Waals surface area contributed by atoms with E-state index in [-0.39, 0.29) is 6.10 Å². The van der Waals surface area contributed by atoms with Crippen molar-refractivity contribution in [3.05, 3.63) is 16.1 Å². The second-order valence-corrected chi connectivity index (χ2v) is 4.67. The molecule has 1 aliphatic heterocycles. The Morgan fingerprint density at radius 2 is 2.47 bits per heavy atom. The molecule has 1 aliphatic rings. The van der Waals surface area contributed by atoms with Gasteiger partial charge in [-0.2, -0.15) is 0 Å². The van der Waals surface area contributed by atoms with Crippen molar-refractivity contribution in [3.63, 3.8) is 0 Å². The van der Waals surface area contributed by atoms with Crippen LogP contribution >= 0.6 is 11.3 Å². The molecule has 0 radical (unpaired) electrons. The van der Waals surface area contributed by atoms with Gasteiger partial charge in [-0.05, 0) is 13.0 Å². The van der Waals surface area contributed by atoms with Crippen LogP contribution in [0.4, 0.5) is 0 Å². The largest absolute Gasteiger partial charge is 0.368 e. The molecule has 1 fully saturated rings. The third kappa shape index (κ3) is 2.56. The number of aromatic nitrogens is 1. The van der Waals surface area contributed by atoms with Crippen molar-refractivity contribution in [2.75, 3.05) is 26.2 Å². The molecule has 1 aromatic heterocycles. The molecule has 15 heavy (non-hydrogen) atoms. The van der Waals surface area contributed by atoms with E-state index in [1.54, 1.807) is 11.3 Å². The van der Waals surface area contributed by atoms with Crippen molar-refractivity contribution in [1.29, 1.82) is 0 Å². The molecule has 1 atom stereocenters. The highest BCUT2D eigenvalue weighted by Gasteiger charge is 2.23. The van der Waals surface area contributed by atoms with E-state index in [1.807, 2.05) is 0 Å². The summed E-state index contributed by atoms with van der Waals surface area (Å²) in [6.45, 7) is 8.32. The predicted octanol–water partition coefficient (Wildman–Crippen LogP) is 2.10. The van der Waals surface area contributed by atoms with E-state index in [1.165, 1.54) is 5.69 Å². The molecule has 0 aliphatic carbocycles. The van der Waals surface area contributed by atoms with Gasteiger partial charge in [-0.15, -0.1) is 11.3 Å². The van der Waals surface area contributed by atoms with Gasteiger partial charge in [0.2, 0.25) is 0 Å². The lowest BCUT2D eigenvalue weighted by Gasteiger charge is -2.30. The van der Waals surface area contributed by atoms with Crippen molar-refractivity contribution in [1.82, 2.24) is 9.88 Å². The second-order valence-electron chi connectivity index (χ2n) is 3.78. The number of morpholine rings is 1. The SMILES string of the molecule is CCc1csc(C2CN(CC)CCO2)n1. The van der Waals surface area contributed by atoms with Crippen molar-refractivity contribution < 1.29 is 4.74 Å². The first-order valence-electron chi connectivity index (χ1n) is 5.61. The van der Waals surface area contributed by atoms with Gasteiger partial charge in [0.25, 0.3) is 0 Å². The molecule has 2 rings (SSSR count). The molecule has 0 aromatic carbocycles. The number of rotatable bonds is 3. The zero-order valence-corrected chi connectivity index (χ0v) is 10.2. The van der Waals surface area contributed by atoms with Crippen LogP contribution in [-0.4, -0.2) is 36.1 Å². The second kappa shape index (κ2) is 5.05. The third-order valence-corrected chi connectivity index (χ3v) is 3.79. The lowest BCUT2D eigenvalue weighted by atomic mass is 10.3. The molecule has 0 bridgehead atoms. The summed E-state index contributed by atoms with van der Waals surface area (Å²) >= 11 is 1.73. The van der Waals surface area contributed by atoms with Crippen LogP contribution in [0.1, 0.15) is 30.7 Å². The van der Waals surface area contributed by atoms with Gasteiger partial charge in [0.15, 0.2) is 0 Å². The standard InChI is InChI=1S/C11H18N2OS/c1-3-9-8-15-11(12-9)10-7-13(4-2)5-6-14-10/h8,10H,3-7H2,1-2H3. The van der Waals surface area contributed by atoms with Crippen LogP contribution in [0, 0.1) is 0 Å². The quantitative estimate of drug-likeness (QED) is 0.789. The first-order valence-corrected chi connectivity index (χ1v) is 6.49. The fourth-order valence-electron chi connectivity index (χ4n) is 1.77. The minimum Gasteiger partial charge on any atom is -0.368 e. The molecular formula is C11H18N2OS. The van der Waals surface area contributed by atoms with E-state index in [2.05, 4.69) is 29.1 Å². The molecule has 1 saturated heterocycles. The number of hydrogen-bond acceptors (Lipinski definition) is 4. The van der Waals surface area contributed by atoms with Gasteiger partial charge >= 0.3 is 0 Å². The smallest absolute Gasteiger partial charge is 0.123 e. The van der Waals surface area contributed by atoms with Gasteiger partial charge in [0, 0.05) is 18.5 Å². The maximum Gasteiger partial charge on any atom is 0.123 e. The average molecular weight is 226 g/mol. The average Bonchev–Trinajstić information content (AvgIpc) is 2.78. The highest BCUT2D eigenvalue weighted by Crippen LogP contribution is 2.25. The Labute approximate surface area is 95.1 Å². The van der Waals surface area contributed by atoms with E-state index in [0.29, 0.717) is 0 Å². The molecule has 1 aromatic rings. The number of hydrogen-bond donors (Lipinski definition) is 0. The fraction of sp³-hybridized carbons (Fsp3) is 0.727. The van der Waals surface area contributed by atoms with Gasteiger partial charge in [-0.3, -0.25) is 4.90 Å². The molecule has 4 heteroatoms. The van der Waals surface area contributed by atoms with Gasteiger partial charge < -0.3 is 4.74 Å². The van der Waals surface area contributed by atoms with Crippen molar-refractivity contribution in [2.45, 2.75) is 26.4 Å². The zero-order chi connectivity index (χ0) is 10.7. The Morgan fingerprint density at radius 1 is 1.60 bits per heavy atom. The summed E-state index contributed by atoms with van der Waals surface area (Å²) in [5.41, 5.74) is 1.19. The minimum atomic E-state index is 0.198. The van der Waals surface area contributed by atoms with E-state index in [4.69, 9.17) is 4.74 Å². The molecule has 3 nitrogen and oxygen atoms in total. The summed E-state index contributed by atoms with van der Waals surface area (Å²) in [5, 5.41) is 3.29. The predicted molar refractivity (Wildman–Crippen MR) is 62.3 cm³/mol. The Morgan fingerprint density at radius 3 is 3.13 bits per heavy atom. The molecule has 84 valence electrons. The molecular weight excluding hydrogens is 208 g/mol. The fourth-order valence-corrected chi connectivity index (χ4v) is 2.71. The van der Waals surface area contributed by atoms with Crippen LogP contribution in [0.3, 0.4) is 0 Å². The van der Waals surface area contributed by atoms with Crippen LogP contribution in [-0.2, 0) is 11.2 Å². The zero-order valence-electron chi connectivity index (χ0n) is 9.40. The summed E-state index contributed by atoms with van der Waals surface area (Å²) < 4.78 is 5.76. The maximum atomic E-state index is 5.76. The number of likely N-dealkylation sites (N-methyl/N-ethyl adjacent to an activating group) is 1. The maximum absolute atomic E-state index is 5.76. The van der Waals surface area contributed by atoms with Gasteiger partial charge in [0.1, 0.15) is 11.1 Å². The molecule has 1 unspecified atom stereocenters. The van der Waals surface area contributed by atoms with Gasteiger partial charge in [-0.1, -0.05) is 13.8 Å². The Bertz CT molecular complexity index is 313. The van der Waals surface area contributed by atoms with Crippen LogP contribution in [0.15, 0.2) is 5.38 Å². The van der Waals surface area contributed by atoms with Crippen LogP contribution < -0.4 is 0 Å². The van der Waals surface area contributed by atoms with Crippen LogP contribution in [0.2, 0.25) is 0 Å². The number of aryl methyl sites for hydroxylation is 1. The van der Waals surface area contributed by atoms with E-state index < -0.39 is 0 Å². The van der Waals surface area contributed by atoms with Crippen molar-refractivity contribution >= 4 is 11.3 Å². The topological polar surface area (TPSA) is 25.4 Å². The molecule has 2 heterocycles. The van der Waals surface area contributed by atoms with Crippen molar-refractivity contribution in [3.8, 4) is 0 Å². The molecule has 0 N–H and O–H groups in total. The van der Waals surface area contributed by atoms with Gasteiger partial charge in [0.05, 0.1) is 12.3 Å². The lowest BCUT2D eigenvalue weighted by Crippen LogP contribution is -2.38. The Kier molecular flexibility index (Phi) is 3.72. The molecule has 0 amide bonds. The van der Waals surface area contributed by atoms with E-state index >= 15 is 0 Å². The highest BCUT2D eigenvalue weighted by atomic mass is 32.1. The normalized spacial score (nSPS) is 23.2.